The van der Waals surface area contributed by atoms with Crippen LogP contribution in [0, 0.1) is 11.6 Å². The standard InChI is InChI=1S/C13H15F2N5/c1-8-7-20(5-4-16-8)13-17-12(18-19-13)10-3-2-9(14)6-11(10)15/h2-3,6,8,16H,4-5,7H2,1H3,(H,17,18,19). The summed E-state index contributed by atoms with van der Waals surface area (Å²) in [5.41, 5.74) is 0.216. The molecule has 2 aromatic rings. The second kappa shape index (κ2) is 5.16. The molecule has 1 unspecified atom stereocenters. The number of aromatic amines is 1. The summed E-state index contributed by atoms with van der Waals surface area (Å²) < 4.78 is 26.6. The van der Waals surface area contributed by atoms with Gasteiger partial charge in [0.05, 0.1) is 5.56 Å². The van der Waals surface area contributed by atoms with E-state index in [0.717, 1.165) is 25.7 Å². The summed E-state index contributed by atoms with van der Waals surface area (Å²) in [7, 11) is 0. The van der Waals surface area contributed by atoms with Crippen molar-refractivity contribution in [2.75, 3.05) is 24.5 Å². The van der Waals surface area contributed by atoms with Crippen LogP contribution in [0.15, 0.2) is 18.2 Å². The van der Waals surface area contributed by atoms with E-state index in [4.69, 9.17) is 0 Å². The number of nitrogens with one attached hydrogen (secondary N) is 2. The van der Waals surface area contributed by atoms with Crippen molar-refractivity contribution in [2.24, 2.45) is 0 Å². The lowest BCUT2D eigenvalue weighted by atomic mass is 10.2. The molecule has 2 heterocycles. The molecule has 0 spiro atoms. The van der Waals surface area contributed by atoms with Gasteiger partial charge in [-0.05, 0) is 19.1 Å². The van der Waals surface area contributed by atoms with Gasteiger partial charge in [-0.1, -0.05) is 0 Å². The van der Waals surface area contributed by atoms with Gasteiger partial charge in [-0.3, -0.25) is 5.10 Å². The lowest BCUT2D eigenvalue weighted by molar-refractivity contribution is 0.480. The van der Waals surface area contributed by atoms with Gasteiger partial charge in [-0.15, -0.1) is 5.10 Å². The molecule has 1 aliphatic rings. The third kappa shape index (κ3) is 2.49. The van der Waals surface area contributed by atoms with Gasteiger partial charge in [0, 0.05) is 31.7 Å². The van der Waals surface area contributed by atoms with E-state index in [1.165, 1.54) is 12.1 Å². The maximum Gasteiger partial charge on any atom is 0.245 e. The lowest BCUT2D eigenvalue weighted by Crippen LogP contribution is -2.49. The van der Waals surface area contributed by atoms with Crippen molar-refractivity contribution in [3.05, 3.63) is 29.8 Å². The Morgan fingerprint density at radius 3 is 2.95 bits per heavy atom. The fraction of sp³-hybridized carbons (Fsp3) is 0.385. The van der Waals surface area contributed by atoms with Crippen LogP contribution in [0.3, 0.4) is 0 Å². The average molecular weight is 279 g/mol. The summed E-state index contributed by atoms with van der Waals surface area (Å²) in [6.07, 6.45) is 0. The monoisotopic (exact) mass is 279 g/mol. The minimum Gasteiger partial charge on any atom is -0.337 e. The van der Waals surface area contributed by atoms with Gasteiger partial charge in [-0.2, -0.15) is 4.98 Å². The first kappa shape index (κ1) is 13.0. The van der Waals surface area contributed by atoms with Gasteiger partial charge < -0.3 is 10.2 Å². The number of piperazine rings is 1. The zero-order valence-corrected chi connectivity index (χ0v) is 11.0. The molecule has 1 aromatic heterocycles. The Bertz CT molecular complexity index is 613. The van der Waals surface area contributed by atoms with Gasteiger partial charge in [0.15, 0.2) is 5.82 Å². The molecule has 1 aromatic carbocycles. The third-order valence-corrected chi connectivity index (χ3v) is 3.31. The van der Waals surface area contributed by atoms with Gasteiger partial charge in [0.25, 0.3) is 0 Å². The van der Waals surface area contributed by atoms with Crippen LogP contribution in [0.25, 0.3) is 11.4 Å². The predicted molar refractivity (Wildman–Crippen MR) is 71.4 cm³/mol. The number of benzene rings is 1. The minimum absolute atomic E-state index is 0.216. The van der Waals surface area contributed by atoms with E-state index in [9.17, 15) is 8.78 Å². The average Bonchev–Trinajstić information content (AvgIpc) is 2.88. The van der Waals surface area contributed by atoms with E-state index in [-0.39, 0.29) is 5.56 Å². The van der Waals surface area contributed by atoms with Crippen molar-refractivity contribution in [3.63, 3.8) is 0 Å². The zero-order valence-electron chi connectivity index (χ0n) is 11.0. The number of H-pyrrole nitrogens is 1. The summed E-state index contributed by atoms with van der Waals surface area (Å²) in [6.45, 7) is 4.53. The summed E-state index contributed by atoms with van der Waals surface area (Å²) in [6, 6.07) is 3.75. The molecule has 1 fully saturated rings. The topological polar surface area (TPSA) is 56.8 Å². The molecule has 0 amide bonds. The van der Waals surface area contributed by atoms with E-state index in [1.54, 1.807) is 0 Å². The fourth-order valence-corrected chi connectivity index (χ4v) is 2.31. The van der Waals surface area contributed by atoms with Crippen molar-refractivity contribution in [2.45, 2.75) is 13.0 Å². The molecule has 0 radical (unpaired) electrons. The molecule has 20 heavy (non-hydrogen) atoms. The summed E-state index contributed by atoms with van der Waals surface area (Å²) in [4.78, 5) is 6.33. The van der Waals surface area contributed by atoms with E-state index in [2.05, 4.69) is 27.4 Å². The molecule has 106 valence electrons. The summed E-state index contributed by atoms with van der Waals surface area (Å²) in [5, 5.41) is 10.2. The smallest absolute Gasteiger partial charge is 0.245 e. The fourth-order valence-electron chi connectivity index (χ4n) is 2.31. The molecule has 1 saturated heterocycles. The molecule has 0 bridgehead atoms. The minimum atomic E-state index is -0.652. The van der Waals surface area contributed by atoms with Crippen LogP contribution < -0.4 is 10.2 Å². The predicted octanol–water partition coefficient (Wildman–Crippen LogP) is 1.55. The molecule has 0 saturated carbocycles. The third-order valence-electron chi connectivity index (χ3n) is 3.31. The number of rotatable bonds is 2. The van der Waals surface area contributed by atoms with Crippen LogP contribution in [-0.4, -0.2) is 40.9 Å². The van der Waals surface area contributed by atoms with Crippen molar-refractivity contribution in [1.29, 1.82) is 0 Å². The highest BCUT2D eigenvalue weighted by Gasteiger charge is 2.20. The zero-order chi connectivity index (χ0) is 14.1. The Labute approximate surface area is 115 Å². The Balaban J connectivity index is 1.86. The highest BCUT2D eigenvalue weighted by atomic mass is 19.1. The lowest BCUT2D eigenvalue weighted by Gasteiger charge is -2.30. The van der Waals surface area contributed by atoms with E-state index < -0.39 is 11.6 Å². The van der Waals surface area contributed by atoms with Crippen LogP contribution in [0.5, 0.6) is 0 Å². The first-order valence-electron chi connectivity index (χ1n) is 6.49. The molecular formula is C13H15F2N5. The van der Waals surface area contributed by atoms with E-state index >= 15 is 0 Å². The molecule has 7 heteroatoms. The van der Waals surface area contributed by atoms with Gasteiger partial charge in [0.1, 0.15) is 11.6 Å². The molecule has 3 rings (SSSR count). The van der Waals surface area contributed by atoms with Crippen molar-refractivity contribution in [1.82, 2.24) is 20.5 Å². The van der Waals surface area contributed by atoms with Crippen LogP contribution >= 0.6 is 0 Å². The highest BCUT2D eigenvalue weighted by Crippen LogP contribution is 2.22. The van der Waals surface area contributed by atoms with Gasteiger partial charge in [0.2, 0.25) is 5.95 Å². The molecule has 5 nitrogen and oxygen atoms in total. The quantitative estimate of drug-likeness (QED) is 0.875. The number of aromatic nitrogens is 3. The van der Waals surface area contributed by atoms with Crippen molar-refractivity contribution >= 4 is 5.95 Å². The van der Waals surface area contributed by atoms with Crippen molar-refractivity contribution < 1.29 is 8.78 Å². The van der Waals surface area contributed by atoms with Gasteiger partial charge in [-0.25, -0.2) is 8.78 Å². The van der Waals surface area contributed by atoms with Crippen LogP contribution in [-0.2, 0) is 0 Å². The number of hydrogen-bond donors (Lipinski definition) is 2. The Morgan fingerprint density at radius 1 is 1.35 bits per heavy atom. The largest absolute Gasteiger partial charge is 0.337 e. The number of nitrogens with zero attached hydrogens (tertiary/aromatic N) is 3. The molecule has 0 aliphatic carbocycles. The van der Waals surface area contributed by atoms with Gasteiger partial charge >= 0.3 is 0 Å². The first-order chi connectivity index (χ1) is 9.63. The summed E-state index contributed by atoms with van der Waals surface area (Å²) in [5.74, 6) is -0.413. The maximum absolute atomic E-state index is 13.7. The highest BCUT2D eigenvalue weighted by molar-refractivity contribution is 5.57. The summed E-state index contributed by atoms with van der Waals surface area (Å²) >= 11 is 0. The number of anilines is 1. The van der Waals surface area contributed by atoms with Crippen molar-refractivity contribution in [3.8, 4) is 11.4 Å². The number of halogens is 2. The van der Waals surface area contributed by atoms with Crippen LogP contribution in [0.1, 0.15) is 6.92 Å². The second-order valence-corrected chi connectivity index (χ2v) is 4.91. The van der Waals surface area contributed by atoms with Crippen LogP contribution in [0.4, 0.5) is 14.7 Å². The molecule has 1 aliphatic heterocycles. The SMILES string of the molecule is CC1CN(c2n[nH]c(-c3ccc(F)cc3F)n2)CCN1. The normalized spacial score (nSPS) is 19.4. The van der Waals surface area contributed by atoms with E-state index in [0.29, 0.717) is 17.8 Å². The molecule has 2 N–H and O–H groups in total. The maximum atomic E-state index is 13.7. The first-order valence-corrected chi connectivity index (χ1v) is 6.49. The number of hydrogen-bond acceptors (Lipinski definition) is 4. The van der Waals surface area contributed by atoms with E-state index in [1.807, 2.05) is 4.90 Å². The Kier molecular flexibility index (Phi) is 3.35. The molecule has 1 atom stereocenters. The Morgan fingerprint density at radius 2 is 2.20 bits per heavy atom. The molecular weight excluding hydrogens is 264 g/mol. The second-order valence-electron chi connectivity index (χ2n) is 4.91. The Hall–Kier alpha value is -2.02. The van der Waals surface area contributed by atoms with Crippen LogP contribution in [0.2, 0.25) is 0 Å².